The van der Waals surface area contributed by atoms with Crippen LogP contribution in [0.15, 0.2) is 40.6 Å². The van der Waals surface area contributed by atoms with Gasteiger partial charge in [0.1, 0.15) is 0 Å². The molecule has 86 valence electrons. The second kappa shape index (κ2) is 5.59. The van der Waals surface area contributed by atoms with Gasteiger partial charge in [-0.05, 0) is 5.21 Å². The summed E-state index contributed by atoms with van der Waals surface area (Å²) in [7, 11) is 0. The van der Waals surface area contributed by atoms with E-state index in [-0.39, 0.29) is 11.7 Å². The maximum absolute atomic E-state index is 11.7. The first kappa shape index (κ1) is 11.1. The maximum atomic E-state index is 11.7. The van der Waals surface area contributed by atoms with Crippen molar-refractivity contribution in [2.45, 2.75) is 6.42 Å². The Morgan fingerprint density at radius 2 is 2.12 bits per heavy atom. The van der Waals surface area contributed by atoms with Crippen LogP contribution >= 0.6 is 0 Å². The van der Waals surface area contributed by atoms with Crippen molar-refractivity contribution in [3.63, 3.8) is 0 Å². The van der Waals surface area contributed by atoms with E-state index in [1.165, 1.54) is 0 Å². The minimum atomic E-state index is 0.0395. The highest BCUT2D eigenvalue weighted by atomic mass is 16.1. The Morgan fingerprint density at radius 1 is 1.29 bits per heavy atom. The largest absolute Gasteiger partial charge is 0.307 e. The Labute approximate surface area is 97.0 Å². The Morgan fingerprint density at radius 3 is 2.82 bits per heavy atom. The molecule has 0 aliphatic carbocycles. The SMILES string of the molecule is O=C(CCN=Nc1nn[nH]n1)c1ccccc1. The fraction of sp³-hybridized carbons (Fsp3) is 0.200. The fourth-order valence-electron chi connectivity index (χ4n) is 1.23. The third kappa shape index (κ3) is 3.26. The first-order chi connectivity index (χ1) is 8.36. The smallest absolute Gasteiger partial charge is 0.294 e. The molecule has 0 aliphatic heterocycles. The number of tetrazole rings is 1. The van der Waals surface area contributed by atoms with Crippen LogP contribution in [0.5, 0.6) is 0 Å². The summed E-state index contributed by atoms with van der Waals surface area (Å²) in [6.45, 7) is 0.308. The number of Topliss-reactive ketones (excluding diaryl/α,β-unsaturated/α-hetero) is 1. The molecule has 0 atom stereocenters. The number of H-pyrrole nitrogens is 1. The molecule has 0 bridgehead atoms. The topological polar surface area (TPSA) is 96.2 Å². The highest BCUT2D eigenvalue weighted by molar-refractivity contribution is 5.96. The van der Waals surface area contributed by atoms with Gasteiger partial charge in [-0.1, -0.05) is 35.4 Å². The number of nitrogens with one attached hydrogen (secondary N) is 1. The lowest BCUT2D eigenvalue weighted by atomic mass is 10.1. The van der Waals surface area contributed by atoms with Gasteiger partial charge in [0.15, 0.2) is 5.78 Å². The van der Waals surface area contributed by atoms with Crippen LogP contribution in [0, 0.1) is 0 Å². The summed E-state index contributed by atoms with van der Waals surface area (Å²) in [5.74, 6) is 0.204. The molecule has 1 aromatic carbocycles. The van der Waals surface area contributed by atoms with E-state index in [0.717, 1.165) is 0 Å². The summed E-state index contributed by atoms with van der Waals surface area (Å²) in [5, 5.41) is 20.3. The summed E-state index contributed by atoms with van der Waals surface area (Å²) in [5.41, 5.74) is 0.683. The van der Waals surface area contributed by atoms with E-state index in [4.69, 9.17) is 0 Å². The number of carbonyl (C=O) groups excluding carboxylic acids is 1. The van der Waals surface area contributed by atoms with E-state index in [0.29, 0.717) is 18.5 Å². The molecule has 2 rings (SSSR count). The number of ketones is 1. The quantitative estimate of drug-likeness (QED) is 0.622. The first-order valence-corrected chi connectivity index (χ1v) is 5.05. The molecule has 0 radical (unpaired) electrons. The van der Waals surface area contributed by atoms with Gasteiger partial charge in [0.2, 0.25) is 0 Å². The molecular formula is C10H10N6O. The molecular weight excluding hydrogens is 220 g/mol. The van der Waals surface area contributed by atoms with Gasteiger partial charge in [0, 0.05) is 12.0 Å². The number of azo groups is 1. The zero-order valence-electron chi connectivity index (χ0n) is 8.95. The lowest BCUT2D eigenvalue weighted by Crippen LogP contribution is -2.00. The van der Waals surface area contributed by atoms with Gasteiger partial charge in [0.05, 0.1) is 6.54 Å². The molecule has 17 heavy (non-hydrogen) atoms. The van der Waals surface area contributed by atoms with Gasteiger partial charge < -0.3 is 0 Å². The fourth-order valence-corrected chi connectivity index (χ4v) is 1.23. The molecule has 7 heteroatoms. The normalized spacial score (nSPS) is 10.8. The summed E-state index contributed by atoms with van der Waals surface area (Å²) >= 11 is 0. The summed E-state index contributed by atoms with van der Waals surface area (Å²) in [4.78, 5) is 11.7. The minimum Gasteiger partial charge on any atom is -0.294 e. The highest BCUT2D eigenvalue weighted by Gasteiger charge is 2.03. The molecule has 0 saturated carbocycles. The van der Waals surface area contributed by atoms with E-state index in [1.807, 2.05) is 18.2 Å². The van der Waals surface area contributed by atoms with E-state index in [1.54, 1.807) is 12.1 Å². The van der Waals surface area contributed by atoms with Crippen LogP contribution in [0.4, 0.5) is 5.95 Å². The van der Waals surface area contributed by atoms with Crippen molar-refractivity contribution in [2.75, 3.05) is 6.54 Å². The zero-order valence-corrected chi connectivity index (χ0v) is 8.95. The molecule has 0 amide bonds. The minimum absolute atomic E-state index is 0.0395. The molecule has 0 aliphatic rings. The van der Waals surface area contributed by atoms with Crippen LogP contribution in [0.25, 0.3) is 0 Å². The van der Waals surface area contributed by atoms with E-state index >= 15 is 0 Å². The van der Waals surface area contributed by atoms with Crippen LogP contribution in [-0.2, 0) is 0 Å². The number of rotatable bonds is 5. The standard InChI is InChI=1S/C10H10N6O/c17-9(8-4-2-1-3-5-8)6-7-11-12-10-13-15-16-14-10/h1-5H,6-7H2,(H,13,14,15,16). The van der Waals surface area contributed by atoms with Gasteiger partial charge in [-0.25, -0.2) is 0 Å². The Kier molecular flexibility index (Phi) is 3.64. The lowest BCUT2D eigenvalue weighted by molar-refractivity contribution is 0.0985. The number of aromatic amines is 1. The van der Waals surface area contributed by atoms with Gasteiger partial charge in [-0.15, -0.1) is 10.2 Å². The highest BCUT2D eigenvalue weighted by Crippen LogP contribution is 2.04. The predicted molar refractivity (Wildman–Crippen MR) is 59.0 cm³/mol. The van der Waals surface area contributed by atoms with Crippen LogP contribution in [-0.4, -0.2) is 33.0 Å². The first-order valence-electron chi connectivity index (χ1n) is 5.05. The van der Waals surface area contributed by atoms with Gasteiger partial charge in [0.25, 0.3) is 0 Å². The molecule has 0 saturated heterocycles. The molecule has 1 heterocycles. The van der Waals surface area contributed by atoms with Gasteiger partial charge in [-0.3, -0.25) is 4.79 Å². The molecule has 0 unspecified atom stereocenters. The summed E-state index contributed by atoms with van der Waals surface area (Å²) in [6.07, 6.45) is 0.311. The molecule has 1 aromatic heterocycles. The van der Waals surface area contributed by atoms with Crippen molar-refractivity contribution >= 4 is 11.7 Å². The molecule has 2 aromatic rings. The van der Waals surface area contributed by atoms with Gasteiger partial charge in [-0.2, -0.15) is 10.3 Å². The maximum Gasteiger partial charge on any atom is 0.307 e. The predicted octanol–water partition coefficient (Wildman–Crippen LogP) is 1.56. The van der Waals surface area contributed by atoms with Crippen molar-refractivity contribution in [1.82, 2.24) is 20.6 Å². The monoisotopic (exact) mass is 230 g/mol. The Balaban J connectivity index is 1.81. The van der Waals surface area contributed by atoms with Crippen LogP contribution in [0.2, 0.25) is 0 Å². The number of nitrogens with zero attached hydrogens (tertiary/aromatic N) is 5. The third-order valence-electron chi connectivity index (χ3n) is 2.03. The van der Waals surface area contributed by atoms with Crippen molar-refractivity contribution in [1.29, 1.82) is 0 Å². The Hall–Kier alpha value is -2.44. The molecule has 7 nitrogen and oxygen atoms in total. The lowest BCUT2D eigenvalue weighted by Gasteiger charge is -1.96. The molecule has 0 spiro atoms. The van der Waals surface area contributed by atoms with Crippen LogP contribution < -0.4 is 0 Å². The average molecular weight is 230 g/mol. The number of hydrogen-bond acceptors (Lipinski definition) is 6. The summed E-state index contributed by atoms with van der Waals surface area (Å²) < 4.78 is 0. The van der Waals surface area contributed by atoms with E-state index < -0.39 is 0 Å². The number of benzene rings is 1. The van der Waals surface area contributed by atoms with E-state index in [2.05, 4.69) is 30.9 Å². The van der Waals surface area contributed by atoms with Crippen molar-refractivity contribution in [2.24, 2.45) is 10.2 Å². The van der Waals surface area contributed by atoms with Crippen molar-refractivity contribution in [3.8, 4) is 0 Å². The average Bonchev–Trinajstić information content (AvgIpc) is 2.88. The Bertz CT molecular complexity index is 493. The molecule has 1 N–H and O–H groups in total. The van der Waals surface area contributed by atoms with Crippen molar-refractivity contribution in [3.05, 3.63) is 35.9 Å². The number of carbonyl (C=O) groups is 1. The second-order valence-corrected chi connectivity index (χ2v) is 3.22. The number of hydrogen-bond donors (Lipinski definition) is 1. The van der Waals surface area contributed by atoms with E-state index in [9.17, 15) is 4.79 Å². The van der Waals surface area contributed by atoms with Crippen molar-refractivity contribution < 1.29 is 4.79 Å². The molecule has 0 fully saturated rings. The number of aromatic nitrogens is 4. The summed E-state index contributed by atoms with van der Waals surface area (Å²) in [6, 6.07) is 9.08. The van der Waals surface area contributed by atoms with Crippen LogP contribution in [0.1, 0.15) is 16.8 Å². The zero-order chi connectivity index (χ0) is 11.9. The van der Waals surface area contributed by atoms with Gasteiger partial charge >= 0.3 is 5.95 Å². The second-order valence-electron chi connectivity index (χ2n) is 3.22. The van der Waals surface area contributed by atoms with Crippen LogP contribution in [0.3, 0.4) is 0 Å². The third-order valence-corrected chi connectivity index (χ3v) is 2.03.